The number of aliphatic carboxylic acids is 1. The second kappa shape index (κ2) is 2.38. The molecule has 1 amide bonds. The van der Waals surface area contributed by atoms with E-state index in [1.54, 1.807) is 6.08 Å². The number of carboxylic acids is 1. The Kier molecular flexibility index (Phi) is 1.68. The van der Waals surface area contributed by atoms with E-state index in [1.165, 1.54) is 0 Å². The SMILES string of the molecule is C=CC1CC1(NC=O)C(=O)O. The van der Waals surface area contributed by atoms with Crippen LogP contribution in [0.4, 0.5) is 0 Å². The highest BCUT2D eigenvalue weighted by atomic mass is 16.4. The molecule has 60 valence electrons. The average molecular weight is 155 g/mol. The zero-order valence-corrected chi connectivity index (χ0v) is 5.91. The largest absolute Gasteiger partial charge is 0.479 e. The number of hydrogen-bond acceptors (Lipinski definition) is 2. The lowest BCUT2D eigenvalue weighted by Crippen LogP contribution is -2.40. The summed E-state index contributed by atoms with van der Waals surface area (Å²) in [7, 11) is 0. The predicted molar refractivity (Wildman–Crippen MR) is 37.9 cm³/mol. The van der Waals surface area contributed by atoms with Crippen molar-refractivity contribution in [1.82, 2.24) is 5.32 Å². The first kappa shape index (κ1) is 7.78. The van der Waals surface area contributed by atoms with E-state index in [2.05, 4.69) is 11.9 Å². The summed E-state index contributed by atoms with van der Waals surface area (Å²) in [6.45, 7) is 3.46. The molecule has 0 heterocycles. The van der Waals surface area contributed by atoms with Gasteiger partial charge in [-0.3, -0.25) is 4.79 Å². The van der Waals surface area contributed by atoms with E-state index in [9.17, 15) is 9.59 Å². The van der Waals surface area contributed by atoms with Crippen LogP contribution in [0.5, 0.6) is 0 Å². The second-order valence-corrected chi connectivity index (χ2v) is 2.59. The third-order valence-corrected chi connectivity index (χ3v) is 2.00. The summed E-state index contributed by atoms with van der Waals surface area (Å²) in [5, 5.41) is 10.9. The van der Waals surface area contributed by atoms with Crippen molar-refractivity contribution >= 4 is 12.4 Å². The summed E-state index contributed by atoms with van der Waals surface area (Å²) in [6.07, 6.45) is 2.41. The van der Waals surface area contributed by atoms with Crippen LogP contribution in [0.1, 0.15) is 6.42 Å². The fraction of sp³-hybridized carbons (Fsp3) is 0.429. The number of carboxylic acid groups (broad SMARTS) is 1. The Balaban J connectivity index is 2.69. The van der Waals surface area contributed by atoms with Gasteiger partial charge in [-0.05, 0) is 6.42 Å². The molecule has 4 nitrogen and oxygen atoms in total. The Labute approximate surface area is 63.9 Å². The molecule has 0 aromatic carbocycles. The first-order valence-corrected chi connectivity index (χ1v) is 3.24. The van der Waals surface area contributed by atoms with Crippen LogP contribution in [0.25, 0.3) is 0 Å². The average Bonchev–Trinajstić information content (AvgIpc) is 2.65. The van der Waals surface area contributed by atoms with Gasteiger partial charge in [0.1, 0.15) is 5.54 Å². The van der Waals surface area contributed by atoms with Gasteiger partial charge < -0.3 is 10.4 Å². The molecular formula is C7H9NO3. The molecule has 0 bridgehead atoms. The van der Waals surface area contributed by atoms with Crippen LogP contribution in [0.3, 0.4) is 0 Å². The zero-order chi connectivity index (χ0) is 8.48. The number of hydrogen-bond donors (Lipinski definition) is 2. The summed E-state index contributed by atoms with van der Waals surface area (Å²) in [5.41, 5.74) is -1.05. The van der Waals surface area contributed by atoms with Gasteiger partial charge >= 0.3 is 5.97 Å². The second-order valence-electron chi connectivity index (χ2n) is 2.59. The first-order chi connectivity index (χ1) is 5.17. The molecule has 1 aliphatic rings. The minimum atomic E-state index is -1.05. The molecule has 1 rings (SSSR count). The summed E-state index contributed by atoms with van der Waals surface area (Å²) in [6, 6.07) is 0. The third-order valence-electron chi connectivity index (χ3n) is 2.00. The molecular weight excluding hydrogens is 146 g/mol. The maximum absolute atomic E-state index is 10.6. The van der Waals surface area contributed by atoms with Gasteiger partial charge in [-0.25, -0.2) is 4.79 Å². The van der Waals surface area contributed by atoms with Crippen molar-refractivity contribution in [2.24, 2.45) is 5.92 Å². The number of nitrogens with one attached hydrogen (secondary N) is 1. The van der Waals surface area contributed by atoms with E-state index in [4.69, 9.17) is 5.11 Å². The predicted octanol–water partition coefficient (Wildman–Crippen LogP) is -0.238. The topological polar surface area (TPSA) is 66.4 Å². The van der Waals surface area contributed by atoms with Crippen molar-refractivity contribution in [1.29, 1.82) is 0 Å². The molecule has 4 heteroatoms. The fourth-order valence-corrected chi connectivity index (χ4v) is 1.15. The molecule has 2 unspecified atom stereocenters. The molecule has 11 heavy (non-hydrogen) atoms. The van der Waals surface area contributed by atoms with Gasteiger partial charge in [0.2, 0.25) is 6.41 Å². The Bertz CT molecular complexity index is 214. The van der Waals surface area contributed by atoms with E-state index in [-0.39, 0.29) is 5.92 Å². The van der Waals surface area contributed by atoms with Crippen molar-refractivity contribution in [3.8, 4) is 0 Å². The van der Waals surface area contributed by atoms with Crippen LogP contribution in [0.15, 0.2) is 12.7 Å². The van der Waals surface area contributed by atoms with Crippen molar-refractivity contribution in [3.63, 3.8) is 0 Å². The lowest BCUT2D eigenvalue weighted by atomic mass is 10.2. The van der Waals surface area contributed by atoms with Crippen LogP contribution >= 0.6 is 0 Å². The zero-order valence-electron chi connectivity index (χ0n) is 5.91. The van der Waals surface area contributed by atoms with Crippen LogP contribution < -0.4 is 5.32 Å². The molecule has 1 aliphatic carbocycles. The van der Waals surface area contributed by atoms with E-state index in [0.717, 1.165) is 0 Å². The van der Waals surface area contributed by atoms with Crippen LogP contribution in [0, 0.1) is 5.92 Å². The highest BCUT2D eigenvalue weighted by Gasteiger charge is 2.59. The van der Waals surface area contributed by atoms with Gasteiger partial charge in [-0.2, -0.15) is 0 Å². The van der Waals surface area contributed by atoms with Gasteiger partial charge in [0.05, 0.1) is 0 Å². The smallest absolute Gasteiger partial charge is 0.330 e. The minimum Gasteiger partial charge on any atom is -0.479 e. The quantitative estimate of drug-likeness (QED) is 0.435. The standard InChI is InChI=1S/C7H9NO3/c1-2-5-3-7(5,6(10)11)8-4-9/h2,4-5H,1,3H2,(H,8,9)(H,10,11). The van der Waals surface area contributed by atoms with E-state index >= 15 is 0 Å². The van der Waals surface area contributed by atoms with Gasteiger partial charge in [-0.1, -0.05) is 6.08 Å². The molecule has 0 aromatic heterocycles. The number of rotatable bonds is 4. The molecule has 1 fully saturated rings. The molecule has 0 radical (unpaired) electrons. The molecule has 1 saturated carbocycles. The van der Waals surface area contributed by atoms with Gasteiger partial charge in [-0.15, -0.1) is 6.58 Å². The summed E-state index contributed by atoms with van der Waals surface area (Å²) >= 11 is 0. The summed E-state index contributed by atoms with van der Waals surface area (Å²) in [4.78, 5) is 20.6. The molecule has 0 aliphatic heterocycles. The monoisotopic (exact) mass is 155 g/mol. The van der Waals surface area contributed by atoms with E-state index in [1.807, 2.05) is 0 Å². The lowest BCUT2D eigenvalue weighted by molar-refractivity contribution is -0.142. The maximum Gasteiger partial charge on any atom is 0.330 e. The molecule has 2 N–H and O–H groups in total. The van der Waals surface area contributed by atoms with Crippen LogP contribution in [-0.4, -0.2) is 23.0 Å². The van der Waals surface area contributed by atoms with Crippen LogP contribution in [0.2, 0.25) is 0 Å². The van der Waals surface area contributed by atoms with Crippen LogP contribution in [-0.2, 0) is 9.59 Å². The Hall–Kier alpha value is -1.32. The lowest BCUT2D eigenvalue weighted by Gasteiger charge is -2.07. The van der Waals surface area contributed by atoms with Crippen molar-refractivity contribution < 1.29 is 14.7 Å². The first-order valence-electron chi connectivity index (χ1n) is 3.24. The van der Waals surface area contributed by atoms with Crippen molar-refractivity contribution in [3.05, 3.63) is 12.7 Å². The minimum absolute atomic E-state index is 0.120. The molecule has 0 saturated heterocycles. The van der Waals surface area contributed by atoms with Crippen molar-refractivity contribution in [2.45, 2.75) is 12.0 Å². The highest BCUT2D eigenvalue weighted by molar-refractivity contribution is 5.86. The summed E-state index contributed by atoms with van der Waals surface area (Å²) < 4.78 is 0. The fourth-order valence-electron chi connectivity index (χ4n) is 1.15. The number of amides is 1. The molecule has 0 aromatic rings. The normalized spacial score (nSPS) is 34.0. The molecule has 0 spiro atoms. The molecule has 2 atom stereocenters. The van der Waals surface area contributed by atoms with E-state index < -0.39 is 11.5 Å². The Morgan fingerprint density at radius 3 is 2.73 bits per heavy atom. The third kappa shape index (κ3) is 1.00. The highest BCUT2D eigenvalue weighted by Crippen LogP contribution is 2.43. The Morgan fingerprint density at radius 2 is 2.45 bits per heavy atom. The van der Waals surface area contributed by atoms with Gasteiger partial charge in [0, 0.05) is 5.92 Å². The summed E-state index contributed by atoms with van der Waals surface area (Å²) in [5.74, 6) is -1.11. The number of carbonyl (C=O) groups is 2. The van der Waals surface area contributed by atoms with Crippen molar-refractivity contribution in [2.75, 3.05) is 0 Å². The Morgan fingerprint density at radius 1 is 1.82 bits per heavy atom. The van der Waals surface area contributed by atoms with Gasteiger partial charge in [0.25, 0.3) is 0 Å². The van der Waals surface area contributed by atoms with E-state index in [0.29, 0.717) is 12.8 Å². The van der Waals surface area contributed by atoms with Gasteiger partial charge in [0.15, 0.2) is 0 Å². The number of carbonyl (C=O) groups excluding carboxylic acids is 1. The maximum atomic E-state index is 10.6.